The highest BCUT2D eigenvalue weighted by Gasteiger charge is 2.18. The summed E-state index contributed by atoms with van der Waals surface area (Å²) in [6.45, 7) is -0.629. The maximum Gasteiger partial charge on any atom is 0.341 e. The highest BCUT2D eigenvalue weighted by Crippen LogP contribution is 2.38. The third-order valence-electron chi connectivity index (χ3n) is 3.78. The zero-order valence-corrected chi connectivity index (χ0v) is 16.4. The molecule has 0 saturated heterocycles. The number of halogens is 3. The van der Waals surface area contributed by atoms with E-state index in [1.165, 1.54) is 0 Å². The van der Waals surface area contributed by atoms with Crippen LogP contribution in [-0.4, -0.2) is 22.7 Å². The lowest BCUT2D eigenvalue weighted by Crippen LogP contribution is -2.11. The highest BCUT2D eigenvalue weighted by atomic mass is 35.5. The van der Waals surface area contributed by atoms with Crippen LogP contribution in [0.15, 0.2) is 48.5 Å². The van der Waals surface area contributed by atoms with E-state index in [-0.39, 0.29) is 11.4 Å². The summed E-state index contributed by atoms with van der Waals surface area (Å²) in [5.74, 6) is -1.28. The van der Waals surface area contributed by atoms with Crippen molar-refractivity contribution in [1.29, 1.82) is 5.26 Å². The quantitative estimate of drug-likeness (QED) is 0.557. The molecule has 0 saturated carbocycles. The van der Waals surface area contributed by atoms with Crippen LogP contribution >= 0.6 is 34.8 Å². The van der Waals surface area contributed by atoms with Crippen LogP contribution < -0.4 is 4.74 Å². The predicted molar refractivity (Wildman–Crippen MR) is 108 cm³/mol. The molecule has 0 unspecified atom stereocenters. The molecule has 0 spiro atoms. The number of carboxylic acid groups (broad SMARTS) is 1. The molecule has 0 radical (unpaired) electrons. The molecule has 0 aliphatic rings. The minimum absolute atomic E-state index is 0.0939. The van der Waals surface area contributed by atoms with Gasteiger partial charge in [-0.25, -0.2) is 9.78 Å². The van der Waals surface area contributed by atoms with Crippen molar-refractivity contribution in [2.75, 3.05) is 6.61 Å². The predicted octanol–water partition coefficient (Wildman–Crippen LogP) is 5.71. The van der Waals surface area contributed by atoms with Crippen molar-refractivity contribution in [1.82, 2.24) is 4.98 Å². The molecule has 0 amide bonds. The number of ether oxygens (including phenoxy) is 1. The Hall–Kier alpha value is -2.78. The normalized spacial score (nSPS) is 10.4. The number of aliphatic carboxylic acids is 1. The van der Waals surface area contributed by atoms with Crippen LogP contribution in [0.25, 0.3) is 22.4 Å². The SMILES string of the molecule is N#Cc1cc(-c2ccc(Cl)cc2)c(-c2ccc(Cl)cc2Cl)nc1OCC(=O)O. The molecule has 0 bridgehead atoms. The van der Waals surface area contributed by atoms with Gasteiger partial charge < -0.3 is 9.84 Å². The Morgan fingerprint density at radius 2 is 1.71 bits per heavy atom. The fourth-order valence-electron chi connectivity index (χ4n) is 2.55. The average Bonchev–Trinajstić information content (AvgIpc) is 2.66. The van der Waals surface area contributed by atoms with Crippen LogP contribution in [0.2, 0.25) is 15.1 Å². The molecule has 3 rings (SSSR count). The molecule has 2 aromatic carbocycles. The van der Waals surface area contributed by atoms with Crippen molar-refractivity contribution in [3.8, 4) is 34.3 Å². The summed E-state index contributed by atoms with van der Waals surface area (Å²) >= 11 is 18.3. The van der Waals surface area contributed by atoms with Crippen molar-refractivity contribution in [3.05, 3.63) is 69.2 Å². The molecule has 1 heterocycles. The van der Waals surface area contributed by atoms with Crippen LogP contribution in [-0.2, 0) is 4.79 Å². The van der Waals surface area contributed by atoms with Gasteiger partial charge in [-0.3, -0.25) is 0 Å². The van der Waals surface area contributed by atoms with E-state index in [4.69, 9.17) is 44.6 Å². The Balaban J connectivity index is 2.25. The van der Waals surface area contributed by atoms with Gasteiger partial charge in [0.25, 0.3) is 0 Å². The van der Waals surface area contributed by atoms with Crippen molar-refractivity contribution in [2.24, 2.45) is 0 Å². The first-order valence-electron chi connectivity index (χ1n) is 7.90. The van der Waals surface area contributed by atoms with Crippen LogP contribution in [0.3, 0.4) is 0 Å². The minimum Gasteiger partial charge on any atom is -0.479 e. The number of carbonyl (C=O) groups is 1. The summed E-state index contributed by atoms with van der Waals surface area (Å²) < 4.78 is 5.20. The number of nitrogens with zero attached hydrogens (tertiary/aromatic N) is 2. The molecular formula is C20H11Cl3N2O3. The lowest BCUT2D eigenvalue weighted by Gasteiger charge is -2.14. The lowest BCUT2D eigenvalue weighted by molar-refractivity contribution is -0.139. The second-order valence-corrected chi connectivity index (χ2v) is 6.94. The fraction of sp³-hybridized carbons (Fsp3) is 0.0500. The Kier molecular flexibility index (Phi) is 6.05. The Morgan fingerprint density at radius 3 is 2.32 bits per heavy atom. The van der Waals surface area contributed by atoms with Gasteiger partial charge >= 0.3 is 5.97 Å². The molecule has 1 aromatic heterocycles. The highest BCUT2D eigenvalue weighted by molar-refractivity contribution is 6.36. The summed E-state index contributed by atoms with van der Waals surface area (Å²) in [4.78, 5) is 15.3. The van der Waals surface area contributed by atoms with Crippen LogP contribution in [0.4, 0.5) is 0 Å². The first-order chi connectivity index (χ1) is 13.4. The van der Waals surface area contributed by atoms with E-state index in [9.17, 15) is 10.1 Å². The molecule has 0 fully saturated rings. The smallest absolute Gasteiger partial charge is 0.341 e. The second kappa shape index (κ2) is 8.49. The van der Waals surface area contributed by atoms with Gasteiger partial charge in [0.1, 0.15) is 11.6 Å². The number of benzene rings is 2. The number of nitriles is 1. The molecule has 5 nitrogen and oxygen atoms in total. The van der Waals surface area contributed by atoms with Crippen LogP contribution in [0.1, 0.15) is 5.56 Å². The van der Waals surface area contributed by atoms with E-state index in [0.29, 0.717) is 31.9 Å². The zero-order chi connectivity index (χ0) is 20.3. The molecule has 0 aliphatic carbocycles. The average molecular weight is 434 g/mol. The van der Waals surface area contributed by atoms with Gasteiger partial charge in [-0.05, 0) is 42.0 Å². The van der Waals surface area contributed by atoms with Gasteiger partial charge in [0.05, 0.1) is 10.7 Å². The van der Waals surface area contributed by atoms with Gasteiger partial charge in [-0.1, -0.05) is 46.9 Å². The molecule has 140 valence electrons. The number of aromatic nitrogens is 1. The van der Waals surface area contributed by atoms with Crippen LogP contribution in [0.5, 0.6) is 5.88 Å². The number of hydrogen-bond acceptors (Lipinski definition) is 4. The maximum absolute atomic E-state index is 10.9. The largest absolute Gasteiger partial charge is 0.479 e. The molecule has 1 N–H and O–H groups in total. The lowest BCUT2D eigenvalue weighted by atomic mass is 9.97. The Morgan fingerprint density at radius 1 is 1.04 bits per heavy atom. The van der Waals surface area contributed by atoms with Crippen molar-refractivity contribution < 1.29 is 14.6 Å². The maximum atomic E-state index is 10.9. The topological polar surface area (TPSA) is 83.2 Å². The second-order valence-electron chi connectivity index (χ2n) is 5.66. The van der Waals surface area contributed by atoms with E-state index in [1.54, 1.807) is 48.5 Å². The van der Waals surface area contributed by atoms with E-state index in [2.05, 4.69) is 4.98 Å². The number of pyridine rings is 1. The number of rotatable bonds is 5. The summed E-state index contributed by atoms with van der Waals surface area (Å²) in [6, 6.07) is 15.5. The summed E-state index contributed by atoms with van der Waals surface area (Å²) in [7, 11) is 0. The van der Waals surface area contributed by atoms with Gasteiger partial charge in [-0.15, -0.1) is 0 Å². The van der Waals surface area contributed by atoms with E-state index in [1.807, 2.05) is 6.07 Å². The monoisotopic (exact) mass is 432 g/mol. The Bertz CT molecular complexity index is 1090. The minimum atomic E-state index is -1.18. The van der Waals surface area contributed by atoms with E-state index >= 15 is 0 Å². The molecule has 0 atom stereocenters. The third kappa shape index (κ3) is 4.37. The first kappa shape index (κ1) is 20.0. The fourth-order valence-corrected chi connectivity index (χ4v) is 3.18. The van der Waals surface area contributed by atoms with Crippen molar-refractivity contribution in [3.63, 3.8) is 0 Å². The summed E-state index contributed by atoms with van der Waals surface area (Å²) in [6.07, 6.45) is 0. The molecule has 8 heteroatoms. The standard InChI is InChI=1S/C20H11Cl3N2O3/c21-13-3-1-11(2-4-13)16-7-12(9-24)20(28-10-18(26)27)25-19(16)15-6-5-14(22)8-17(15)23/h1-8H,10H2,(H,26,27). The van der Waals surface area contributed by atoms with Crippen molar-refractivity contribution in [2.45, 2.75) is 0 Å². The summed E-state index contributed by atoms with van der Waals surface area (Å²) in [5, 5.41) is 19.7. The summed E-state index contributed by atoms with van der Waals surface area (Å²) in [5.41, 5.74) is 2.43. The van der Waals surface area contributed by atoms with Crippen LogP contribution in [0, 0.1) is 11.3 Å². The van der Waals surface area contributed by atoms with Crippen molar-refractivity contribution >= 4 is 40.8 Å². The number of carboxylic acids is 1. The zero-order valence-electron chi connectivity index (χ0n) is 14.1. The third-order valence-corrected chi connectivity index (χ3v) is 4.58. The van der Waals surface area contributed by atoms with E-state index in [0.717, 1.165) is 5.56 Å². The molecular weight excluding hydrogens is 423 g/mol. The molecule has 3 aromatic rings. The van der Waals surface area contributed by atoms with Gasteiger partial charge in [-0.2, -0.15) is 5.26 Å². The molecule has 0 aliphatic heterocycles. The van der Waals surface area contributed by atoms with Gasteiger partial charge in [0, 0.05) is 21.2 Å². The van der Waals surface area contributed by atoms with Gasteiger partial charge in [0.2, 0.25) is 5.88 Å². The van der Waals surface area contributed by atoms with Gasteiger partial charge in [0.15, 0.2) is 6.61 Å². The first-order valence-corrected chi connectivity index (χ1v) is 9.03. The van der Waals surface area contributed by atoms with E-state index < -0.39 is 12.6 Å². The Labute approximate surface area is 175 Å². The number of hydrogen-bond donors (Lipinski definition) is 1. The molecule has 28 heavy (non-hydrogen) atoms.